The van der Waals surface area contributed by atoms with Crippen molar-refractivity contribution in [2.45, 2.75) is 50.7 Å². The molecule has 128 valence electrons. The van der Waals surface area contributed by atoms with Crippen molar-refractivity contribution in [3.63, 3.8) is 0 Å². The first-order valence-electron chi connectivity index (χ1n) is 9.07. The Morgan fingerprint density at radius 1 is 1.04 bits per heavy atom. The Balaban J connectivity index is 1.34. The molecule has 0 aliphatic heterocycles. The second-order valence-electron chi connectivity index (χ2n) is 6.95. The Morgan fingerprint density at radius 3 is 2.72 bits per heavy atom. The van der Waals surface area contributed by atoms with Gasteiger partial charge in [0.25, 0.3) is 0 Å². The molecule has 0 unspecified atom stereocenters. The average Bonchev–Trinajstić information content (AvgIpc) is 3.36. The summed E-state index contributed by atoms with van der Waals surface area (Å²) in [6.45, 7) is 0.683. The van der Waals surface area contributed by atoms with Crippen molar-refractivity contribution in [3.8, 4) is 5.75 Å². The topological polar surface area (TPSA) is 64.3 Å². The second-order valence-corrected chi connectivity index (χ2v) is 6.95. The molecule has 0 spiro atoms. The van der Waals surface area contributed by atoms with Gasteiger partial charge < -0.3 is 10.1 Å². The fourth-order valence-electron chi connectivity index (χ4n) is 3.11. The van der Waals surface area contributed by atoms with Crippen molar-refractivity contribution >= 4 is 11.5 Å². The van der Waals surface area contributed by atoms with Crippen LogP contribution in [0.4, 0.5) is 5.82 Å². The van der Waals surface area contributed by atoms with E-state index in [9.17, 15) is 0 Å². The zero-order chi connectivity index (χ0) is 16.6. The number of fused-ring (bicyclic) bond motifs is 1. The Kier molecular flexibility index (Phi) is 3.54. The number of hydrogen-bond acceptors (Lipinski definition) is 5. The number of aromatic nitrogens is 4. The van der Waals surface area contributed by atoms with Crippen LogP contribution in [0.15, 0.2) is 36.4 Å². The Bertz CT molecular complexity index is 898. The van der Waals surface area contributed by atoms with Crippen molar-refractivity contribution in [2.24, 2.45) is 0 Å². The van der Waals surface area contributed by atoms with E-state index in [1.165, 1.54) is 19.3 Å². The maximum absolute atomic E-state index is 6.10. The minimum Gasteiger partial charge on any atom is -0.490 e. The van der Waals surface area contributed by atoms with Crippen LogP contribution in [0.5, 0.6) is 5.75 Å². The number of ether oxygens (including phenoxy) is 1. The third-order valence-corrected chi connectivity index (χ3v) is 5.01. The molecule has 2 aromatic heterocycles. The Morgan fingerprint density at radius 2 is 1.92 bits per heavy atom. The largest absolute Gasteiger partial charge is 0.490 e. The molecular weight excluding hydrogens is 314 g/mol. The minimum atomic E-state index is 0.383. The maximum atomic E-state index is 6.10. The van der Waals surface area contributed by atoms with Gasteiger partial charge in [0.2, 0.25) is 0 Å². The number of rotatable bonds is 6. The van der Waals surface area contributed by atoms with Crippen molar-refractivity contribution < 1.29 is 4.74 Å². The van der Waals surface area contributed by atoms with Crippen LogP contribution in [-0.4, -0.2) is 25.9 Å². The molecule has 1 aromatic carbocycles. The van der Waals surface area contributed by atoms with E-state index in [4.69, 9.17) is 4.74 Å². The zero-order valence-corrected chi connectivity index (χ0v) is 14.1. The molecule has 2 saturated carbocycles. The van der Waals surface area contributed by atoms with Gasteiger partial charge in [0.1, 0.15) is 11.6 Å². The van der Waals surface area contributed by atoms with E-state index in [-0.39, 0.29) is 0 Å². The highest BCUT2D eigenvalue weighted by atomic mass is 16.5. The summed E-state index contributed by atoms with van der Waals surface area (Å²) >= 11 is 0. The van der Waals surface area contributed by atoms with E-state index < -0.39 is 0 Å². The molecule has 1 N–H and O–H groups in total. The number of para-hydroxylation sites is 1. The number of nitrogens with one attached hydrogen (secondary N) is 1. The molecule has 6 heteroatoms. The smallest absolute Gasteiger partial charge is 0.178 e. The minimum absolute atomic E-state index is 0.383. The molecule has 2 heterocycles. The summed E-state index contributed by atoms with van der Waals surface area (Å²) in [4.78, 5) is 0. The van der Waals surface area contributed by atoms with Gasteiger partial charge in [0.05, 0.1) is 6.10 Å². The molecule has 2 aliphatic carbocycles. The summed E-state index contributed by atoms with van der Waals surface area (Å²) in [5, 5.41) is 16.6. The van der Waals surface area contributed by atoms with Gasteiger partial charge in [0.15, 0.2) is 11.5 Å². The number of benzene rings is 1. The first kappa shape index (κ1) is 14.7. The van der Waals surface area contributed by atoms with Gasteiger partial charge in [0, 0.05) is 18.0 Å². The van der Waals surface area contributed by atoms with Gasteiger partial charge in [-0.1, -0.05) is 18.2 Å². The van der Waals surface area contributed by atoms with Gasteiger partial charge >= 0.3 is 0 Å². The van der Waals surface area contributed by atoms with Crippen molar-refractivity contribution in [1.82, 2.24) is 19.8 Å². The van der Waals surface area contributed by atoms with Crippen LogP contribution >= 0.6 is 0 Å². The Hall–Kier alpha value is -2.63. The molecule has 0 radical (unpaired) electrons. The summed E-state index contributed by atoms with van der Waals surface area (Å²) < 4.78 is 7.97. The molecule has 0 saturated heterocycles. The summed E-state index contributed by atoms with van der Waals surface area (Å²) in [6, 6.07) is 12.2. The summed E-state index contributed by atoms with van der Waals surface area (Å²) in [6.07, 6.45) is 6.36. The molecule has 2 fully saturated rings. The standard InChI is InChI=1S/C19H21N5O/c1-2-7-16(25-15-5-3-6-15)14(4-1)12-20-17-10-11-18-21-22-19(13-8-9-13)24(18)23-17/h1-2,4,7,10-11,13,15H,3,5-6,8-9,12H2,(H,20,23). The van der Waals surface area contributed by atoms with Gasteiger partial charge in [-0.3, -0.25) is 0 Å². The van der Waals surface area contributed by atoms with Crippen LogP contribution in [0, 0.1) is 0 Å². The highest BCUT2D eigenvalue weighted by molar-refractivity contribution is 5.45. The molecule has 0 atom stereocenters. The van der Waals surface area contributed by atoms with Crippen LogP contribution in [0.2, 0.25) is 0 Å². The molecule has 6 nitrogen and oxygen atoms in total. The Labute approximate surface area is 146 Å². The molecule has 25 heavy (non-hydrogen) atoms. The van der Waals surface area contributed by atoms with Crippen molar-refractivity contribution in [1.29, 1.82) is 0 Å². The monoisotopic (exact) mass is 335 g/mol. The van der Waals surface area contributed by atoms with Gasteiger partial charge in [-0.25, -0.2) is 0 Å². The van der Waals surface area contributed by atoms with Crippen molar-refractivity contribution in [3.05, 3.63) is 47.8 Å². The molecule has 3 aromatic rings. The first-order chi connectivity index (χ1) is 12.4. The lowest BCUT2D eigenvalue weighted by atomic mass is 9.96. The molecule has 5 rings (SSSR count). The third kappa shape index (κ3) is 2.92. The highest BCUT2D eigenvalue weighted by Crippen LogP contribution is 2.38. The van der Waals surface area contributed by atoms with E-state index in [0.29, 0.717) is 18.6 Å². The lowest BCUT2D eigenvalue weighted by Gasteiger charge is -2.27. The lowest BCUT2D eigenvalue weighted by molar-refractivity contribution is 0.119. The fraction of sp³-hybridized carbons (Fsp3) is 0.421. The SMILES string of the molecule is c1ccc(OC2CCC2)c(CNc2ccc3nnc(C4CC4)n3n2)c1. The lowest BCUT2D eigenvalue weighted by Crippen LogP contribution is -2.25. The van der Waals surface area contributed by atoms with Gasteiger partial charge in [-0.2, -0.15) is 4.52 Å². The van der Waals surface area contributed by atoms with Gasteiger partial charge in [-0.05, 0) is 50.3 Å². The third-order valence-electron chi connectivity index (χ3n) is 5.01. The molecule has 2 aliphatic rings. The van der Waals surface area contributed by atoms with E-state index in [1.807, 2.05) is 28.8 Å². The number of hydrogen-bond donors (Lipinski definition) is 1. The maximum Gasteiger partial charge on any atom is 0.178 e. The van der Waals surface area contributed by atoms with Crippen LogP contribution in [0.25, 0.3) is 5.65 Å². The normalized spacial score (nSPS) is 17.4. The molecule has 0 amide bonds. The van der Waals surface area contributed by atoms with Crippen molar-refractivity contribution in [2.75, 3.05) is 5.32 Å². The predicted molar refractivity (Wildman–Crippen MR) is 94.8 cm³/mol. The van der Waals surface area contributed by atoms with Crippen LogP contribution in [0.3, 0.4) is 0 Å². The van der Waals surface area contributed by atoms with Crippen LogP contribution in [-0.2, 0) is 6.54 Å². The quantitative estimate of drug-likeness (QED) is 0.746. The predicted octanol–water partition coefficient (Wildman–Crippen LogP) is 3.55. The average molecular weight is 335 g/mol. The van der Waals surface area contributed by atoms with E-state index in [1.54, 1.807) is 0 Å². The molecular formula is C19H21N5O. The fourth-order valence-corrected chi connectivity index (χ4v) is 3.11. The van der Waals surface area contributed by atoms with E-state index in [2.05, 4.69) is 32.7 Å². The summed E-state index contributed by atoms with van der Waals surface area (Å²) in [7, 11) is 0. The highest BCUT2D eigenvalue weighted by Gasteiger charge is 2.29. The van der Waals surface area contributed by atoms with Gasteiger partial charge in [-0.15, -0.1) is 15.3 Å². The van der Waals surface area contributed by atoms with Crippen LogP contribution < -0.4 is 10.1 Å². The summed E-state index contributed by atoms with van der Waals surface area (Å²) in [5.74, 6) is 3.30. The van der Waals surface area contributed by atoms with E-state index in [0.717, 1.165) is 41.4 Å². The second kappa shape index (κ2) is 6.02. The van der Waals surface area contributed by atoms with E-state index >= 15 is 0 Å². The summed E-state index contributed by atoms with van der Waals surface area (Å²) in [5.41, 5.74) is 1.96. The number of anilines is 1. The first-order valence-corrected chi connectivity index (χ1v) is 9.07. The molecule has 0 bridgehead atoms. The number of nitrogens with zero attached hydrogens (tertiary/aromatic N) is 4. The zero-order valence-electron chi connectivity index (χ0n) is 14.1. The van der Waals surface area contributed by atoms with Crippen LogP contribution in [0.1, 0.15) is 49.4 Å².